The molecule has 0 unspecified atom stereocenters. The summed E-state index contributed by atoms with van der Waals surface area (Å²) in [5.41, 5.74) is 7.49. The highest BCUT2D eigenvalue weighted by atomic mass is 127. The fraction of sp³-hybridized carbons (Fsp3) is 0.0714. The molecule has 1 amide bonds. The lowest BCUT2D eigenvalue weighted by atomic mass is 10.1. The van der Waals surface area contributed by atoms with Gasteiger partial charge in [-0.2, -0.15) is 0 Å². The minimum atomic E-state index is -0.295. The normalized spacial score (nSPS) is 10.2. The molecule has 0 heterocycles. The highest BCUT2D eigenvalue weighted by Crippen LogP contribution is 2.15. The van der Waals surface area contributed by atoms with Gasteiger partial charge in [-0.05, 0) is 58.5 Å². The molecule has 0 spiro atoms. The Balaban J connectivity index is 2.05. The van der Waals surface area contributed by atoms with Gasteiger partial charge < -0.3 is 11.1 Å². The zero-order chi connectivity index (χ0) is 13.8. The quantitative estimate of drug-likeness (QED) is 0.645. The highest BCUT2D eigenvalue weighted by molar-refractivity contribution is 14.1. The molecule has 0 atom stereocenters. The van der Waals surface area contributed by atoms with Crippen molar-refractivity contribution in [3.8, 4) is 0 Å². The van der Waals surface area contributed by atoms with Crippen molar-refractivity contribution in [2.75, 3.05) is 5.73 Å². The molecule has 98 valence electrons. The molecule has 2 aromatic carbocycles. The Bertz CT molecular complexity index is 599. The summed E-state index contributed by atoms with van der Waals surface area (Å²) < 4.78 is 13.7. The molecule has 19 heavy (non-hydrogen) atoms. The summed E-state index contributed by atoms with van der Waals surface area (Å²) >= 11 is 2.12. The monoisotopic (exact) mass is 370 g/mol. The maximum absolute atomic E-state index is 12.7. The molecule has 0 aliphatic carbocycles. The molecular weight excluding hydrogens is 358 g/mol. The van der Waals surface area contributed by atoms with Crippen LogP contribution in [0.2, 0.25) is 0 Å². The second kappa shape index (κ2) is 6.01. The molecule has 0 saturated heterocycles. The SMILES string of the molecule is Nc1ccc(I)cc1C(=O)NCc1ccc(F)cc1. The van der Waals surface area contributed by atoms with Crippen LogP contribution in [0.5, 0.6) is 0 Å². The van der Waals surface area contributed by atoms with E-state index in [0.717, 1.165) is 9.13 Å². The molecule has 2 rings (SSSR count). The number of nitrogen functional groups attached to an aromatic ring is 1. The van der Waals surface area contributed by atoms with E-state index in [1.165, 1.54) is 12.1 Å². The summed E-state index contributed by atoms with van der Waals surface area (Å²) in [4.78, 5) is 12.0. The fourth-order valence-electron chi connectivity index (χ4n) is 1.60. The lowest BCUT2D eigenvalue weighted by Crippen LogP contribution is -2.23. The first-order valence-electron chi connectivity index (χ1n) is 5.64. The van der Waals surface area contributed by atoms with Crippen LogP contribution >= 0.6 is 22.6 Å². The Morgan fingerprint density at radius 1 is 1.21 bits per heavy atom. The van der Waals surface area contributed by atoms with Gasteiger partial charge >= 0.3 is 0 Å². The summed E-state index contributed by atoms with van der Waals surface area (Å²) in [6.07, 6.45) is 0. The lowest BCUT2D eigenvalue weighted by Gasteiger charge is -2.08. The zero-order valence-corrected chi connectivity index (χ0v) is 12.1. The maximum Gasteiger partial charge on any atom is 0.253 e. The van der Waals surface area contributed by atoms with E-state index in [0.29, 0.717) is 17.8 Å². The summed E-state index contributed by atoms with van der Waals surface area (Å²) in [6, 6.07) is 11.3. The van der Waals surface area contributed by atoms with Gasteiger partial charge in [0, 0.05) is 15.8 Å². The van der Waals surface area contributed by atoms with E-state index >= 15 is 0 Å². The van der Waals surface area contributed by atoms with E-state index < -0.39 is 0 Å². The number of benzene rings is 2. The molecule has 0 aliphatic heterocycles. The minimum Gasteiger partial charge on any atom is -0.398 e. The minimum absolute atomic E-state index is 0.236. The third kappa shape index (κ3) is 3.66. The van der Waals surface area contributed by atoms with Gasteiger partial charge in [0.15, 0.2) is 0 Å². The van der Waals surface area contributed by atoms with Crippen molar-refractivity contribution in [3.63, 3.8) is 0 Å². The largest absolute Gasteiger partial charge is 0.398 e. The van der Waals surface area contributed by atoms with E-state index in [-0.39, 0.29) is 11.7 Å². The molecule has 0 aromatic heterocycles. The molecule has 5 heteroatoms. The molecule has 3 nitrogen and oxygen atoms in total. The second-order valence-electron chi connectivity index (χ2n) is 4.04. The Morgan fingerprint density at radius 2 is 1.89 bits per heavy atom. The van der Waals surface area contributed by atoms with Gasteiger partial charge in [0.2, 0.25) is 0 Å². The maximum atomic E-state index is 12.7. The average molecular weight is 370 g/mol. The number of nitrogens with two attached hydrogens (primary N) is 1. The van der Waals surface area contributed by atoms with Crippen LogP contribution in [0, 0.1) is 9.39 Å². The summed E-state index contributed by atoms with van der Waals surface area (Å²) in [7, 11) is 0. The molecule has 0 bridgehead atoms. The van der Waals surface area contributed by atoms with Gasteiger partial charge in [0.1, 0.15) is 5.82 Å². The van der Waals surface area contributed by atoms with Crippen LogP contribution in [0.15, 0.2) is 42.5 Å². The number of nitrogens with one attached hydrogen (secondary N) is 1. The molecule has 0 saturated carbocycles. The van der Waals surface area contributed by atoms with Gasteiger partial charge in [-0.15, -0.1) is 0 Å². The van der Waals surface area contributed by atoms with Crippen LogP contribution in [0.3, 0.4) is 0 Å². The summed E-state index contributed by atoms with van der Waals surface area (Å²) in [5, 5.41) is 2.76. The number of hydrogen-bond donors (Lipinski definition) is 2. The Kier molecular flexibility index (Phi) is 4.36. The lowest BCUT2D eigenvalue weighted by molar-refractivity contribution is 0.0951. The Morgan fingerprint density at radius 3 is 2.58 bits per heavy atom. The van der Waals surface area contributed by atoms with Gasteiger partial charge in [-0.3, -0.25) is 4.79 Å². The second-order valence-corrected chi connectivity index (χ2v) is 5.29. The number of carbonyl (C=O) groups excluding carboxylic acids is 1. The summed E-state index contributed by atoms with van der Waals surface area (Å²) in [6.45, 7) is 0.337. The smallest absolute Gasteiger partial charge is 0.253 e. The number of anilines is 1. The van der Waals surface area contributed by atoms with Gasteiger partial charge in [-0.25, -0.2) is 4.39 Å². The first-order valence-corrected chi connectivity index (χ1v) is 6.72. The predicted molar refractivity (Wildman–Crippen MR) is 81.1 cm³/mol. The number of hydrogen-bond acceptors (Lipinski definition) is 2. The summed E-state index contributed by atoms with van der Waals surface area (Å²) in [5.74, 6) is -0.530. The first-order chi connectivity index (χ1) is 9.06. The van der Waals surface area contributed by atoms with Crippen molar-refractivity contribution >= 4 is 34.2 Å². The number of carbonyl (C=O) groups is 1. The van der Waals surface area contributed by atoms with E-state index in [1.807, 2.05) is 6.07 Å². The molecule has 0 radical (unpaired) electrons. The van der Waals surface area contributed by atoms with E-state index in [1.54, 1.807) is 24.3 Å². The van der Waals surface area contributed by atoms with Crippen LogP contribution < -0.4 is 11.1 Å². The van der Waals surface area contributed by atoms with Gasteiger partial charge in [0.05, 0.1) is 5.56 Å². The van der Waals surface area contributed by atoms with Gasteiger partial charge in [-0.1, -0.05) is 12.1 Å². The number of amides is 1. The van der Waals surface area contributed by atoms with Crippen molar-refractivity contribution < 1.29 is 9.18 Å². The Labute approximate surface area is 124 Å². The van der Waals surface area contributed by atoms with Crippen LogP contribution in [0.4, 0.5) is 10.1 Å². The van der Waals surface area contributed by atoms with Gasteiger partial charge in [0.25, 0.3) is 5.91 Å². The first kappa shape index (κ1) is 13.8. The molecule has 3 N–H and O–H groups in total. The molecule has 0 fully saturated rings. The zero-order valence-electron chi connectivity index (χ0n) is 9.99. The standard InChI is InChI=1S/C14H12FIN2O/c15-10-3-1-9(2-4-10)8-18-14(19)12-7-11(16)5-6-13(12)17/h1-7H,8,17H2,(H,18,19). The third-order valence-corrected chi connectivity index (χ3v) is 3.30. The number of halogens is 2. The predicted octanol–water partition coefficient (Wildman–Crippen LogP) is 2.94. The van der Waals surface area contributed by atoms with Crippen molar-refractivity contribution in [1.29, 1.82) is 0 Å². The van der Waals surface area contributed by atoms with E-state index in [2.05, 4.69) is 27.9 Å². The molecule has 2 aromatic rings. The molecule has 0 aliphatic rings. The van der Waals surface area contributed by atoms with Crippen molar-refractivity contribution in [2.24, 2.45) is 0 Å². The van der Waals surface area contributed by atoms with Crippen LogP contribution in [0.1, 0.15) is 15.9 Å². The van der Waals surface area contributed by atoms with Crippen LogP contribution in [-0.4, -0.2) is 5.91 Å². The Hall–Kier alpha value is -1.63. The fourth-order valence-corrected chi connectivity index (χ4v) is 2.10. The van der Waals surface area contributed by atoms with Crippen LogP contribution in [0.25, 0.3) is 0 Å². The van der Waals surface area contributed by atoms with Crippen molar-refractivity contribution in [3.05, 3.63) is 63.0 Å². The molecular formula is C14H12FIN2O. The van der Waals surface area contributed by atoms with Crippen molar-refractivity contribution in [1.82, 2.24) is 5.32 Å². The third-order valence-electron chi connectivity index (χ3n) is 2.63. The highest BCUT2D eigenvalue weighted by Gasteiger charge is 2.09. The average Bonchev–Trinajstić information content (AvgIpc) is 2.40. The topological polar surface area (TPSA) is 55.1 Å². The van der Waals surface area contributed by atoms with E-state index in [4.69, 9.17) is 5.73 Å². The van der Waals surface area contributed by atoms with Crippen LogP contribution in [-0.2, 0) is 6.54 Å². The van der Waals surface area contributed by atoms with Crippen molar-refractivity contribution in [2.45, 2.75) is 6.54 Å². The number of rotatable bonds is 3. The van der Waals surface area contributed by atoms with E-state index in [9.17, 15) is 9.18 Å².